The van der Waals surface area contributed by atoms with Crippen LogP contribution in [0.15, 0.2) is 18.2 Å². The quantitative estimate of drug-likeness (QED) is 0.626. The van der Waals surface area contributed by atoms with E-state index in [2.05, 4.69) is 10.1 Å². The number of halogens is 2. The van der Waals surface area contributed by atoms with Crippen molar-refractivity contribution < 1.29 is 27.8 Å². The van der Waals surface area contributed by atoms with Gasteiger partial charge in [0.25, 0.3) is 0 Å². The van der Waals surface area contributed by atoms with Crippen molar-refractivity contribution in [3.8, 4) is 11.5 Å². The van der Waals surface area contributed by atoms with E-state index < -0.39 is 6.61 Å². The van der Waals surface area contributed by atoms with Crippen molar-refractivity contribution >= 4 is 11.8 Å². The van der Waals surface area contributed by atoms with Crippen LogP contribution >= 0.6 is 0 Å². The van der Waals surface area contributed by atoms with Gasteiger partial charge in [-0.15, -0.1) is 0 Å². The Morgan fingerprint density at radius 3 is 2.48 bits per heavy atom. The summed E-state index contributed by atoms with van der Waals surface area (Å²) in [6.45, 7) is -0.0371. The Hall–Kier alpha value is -2.42. The van der Waals surface area contributed by atoms with E-state index in [1.807, 2.05) is 6.92 Å². The molecule has 0 radical (unpaired) electrons. The Balaban J connectivity index is 2.61. The van der Waals surface area contributed by atoms with E-state index in [4.69, 9.17) is 4.74 Å². The molecule has 1 N–H and O–H groups in total. The summed E-state index contributed by atoms with van der Waals surface area (Å²) in [6, 6.07) is 4.70. The second kappa shape index (κ2) is 11.3. The molecule has 0 aliphatic heterocycles. The molecular formula is C18H27F2N3O4. The van der Waals surface area contributed by atoms with Crippen molar-refractivity contribution in [2.45, 2.75) is 26.5 Å². The number of rotatable bonds is 11. The highest BCUT2D eigenvalue weighted by atomic mass is 19.3. The van der Waals surface area contributed by atoms with Gasteiger partial charge in [-0.2, -0.15) is 8.78 Å². The van der Waals surface area contributed by atoms with Gasteiger partial charge in [-0.3, -0.25) is 14.5 Å². The maximum atomic E-state index is 12.5. The van der Waals surface area contributed by atoms with Crippen molar-refractivity contribution in [1.29, 1.82) is 0 Å². The number of nitrogens with one attached hydrogen (secondary N) is 1. The minimum Gasteiger partial charge on any atom is -0.493 e. The first kappa shape index (κ1) is 22.6. The molecule has 9 heteroatoms. The van der Waals surface area contributed by atoms with Crippen molar-refractivity contribution in [1.82, 2.24) is 15.1 Å². The summed E-state index contributed by atoms with van der Waals surface area (Å²) in [5.74, 6) is -0.286. The Morgan fingerprint density at radius 2 is 1.89 bits per heavy atom. The largest absolute Gasteiger partial charge is 0.493 e. The molecule has 0 aliphatic carbocycles. The van der Waals surface area contributed by atoms with Gasteiger partial charge in [-0.25, -0.2) is 0 Å². The normalized spacial score (nSPS) is 10.8. The number of hydrogen-bond acceptors (Lipinski definition) is 5. The lowest BCUT2D eigenvalue weighted by atomic mass is 10.2. The van der Waals surface area contributed by atoms with Crippen LogP contribution in [0.4, 0.5) is 8.78 Å². The molecule has 27 heavy (non-hydrogen) atoms. The predicted molar refractivity (Wildman–Crippen MR) is 96.9 cm³/mol. The van der Waals surface area contributed by atoms with Gasteiger partial charge >= 0.3 is 6.61 Å². The first-order valence-corrected chi connectivity index (χ1v) is 8.57. The van der Waals surface area contributed by atoms with Gasteiger partial charge in [-0.05, 0) is 31.2 Å². The highest BCUT2D eigenvalue weighted by molar-refractivity contribution is 5.85. The molecule has 0 heterocycles. The van der Waals surface area contributed by atoms with Crippen molar-refractivity contribution in [3.05, 3.63) is 23.8 Å². The third-order valence-electron chi connectivity index (χ3n) is 3.68. The lowest BCUT2D eigenvalue weighted by Gasteiger charge is -2.22. The number of benzene rings is 1. The molecule has 2 amide bonds. The van der Waals surface area contributed by atoms with Crippen LogP contribution < -0.4 is 14.8 Å². The summed E-state index contributed by atoms with van der Waals surface area (Å²) in [6.07, 6.45) is 0.825. The monoisotopic (exact) mass is 387 g/mol. The van der Waals surface area contributed by atoms with Crippen LogP contribution in [0.2, 0.25) is 0 Å². The van der Waals surface area contributed by atoms with E-state index in [1.165, 1.54) is 24.1 Å². The molecule has 0 aliphatic rings. The molecule has 0 spiro atoms. The van der Waals surface area contributed by atoms with E-state index in [0.29, 0.717) is 18.7 Å². The maximum Gasteiger partial charge on any atom is 0.387 e. The van der Waals surface area contributed by atoms with Crippen molar-refractivity contribution in [2.75, 3.05) is 40.8 Å². The predicted octanol–water partition coefficient (Wildman–Crippen LogP) is 1.71. The molecule has 152 valence electrons. The van der Waals surface area contributed by atoms with Crippen LogP contribution in [0.25, 0.3) is 0 Å². The van der Waals surface area contributed by atoms with Gasteiger partial charge < -0.3 is 19.7 Å². The van der Waals surface area contributed by atoms with Gasteiger partial charge in [-0.1, -0.05) is 13.0 Å². The van der Waals surface area contributed by atoms with E-state index in [0.717, 1.165) is 6.42 Å². The first-order valence-electron chi connectivity index (χ1n) is 8.57. The molecular weight excluding hydrogens is 360 g/mol. The zero-order valence-electron chi connectivity index (χ0n) is 16.1. The zero-order chi connectivity index (χ0) is 20.4. The second-order valence-corrected chi connectivity index (χ2v) is 6.14. The first-order chi connectivity index (χ1) is 12.8. The number of carbonyl (C=O) groups is 2. The van der Waals surface area contributed by atoms with Crippen LogP contribution in [0.1, 0.15) is 18.9 Å². The van der Waals surface area contributed by atoms with Gasteiger partial charge in [0.15, 0.2) is 11.5 Å². The minimum absolute atomic E-state index is 0.0123. The van der Waals surface area contributed by atoms with Crippen LogP contribution in [-0.4, -0.2) is 69.1 Å². The average Bonchev–Trinajstić information content (AvgIpc) is 2.59. The molecule has 1 aromatic rings. The molecule has 0 atom stereocenters. The summed E-state index contributed by atoms with van der Waals surface area (Å²) in [5, 5.41) is 2.71. The van der Waals surface area contributed by atoms with Crippen LogP contribution in [0, 0.1) is 0 Å². The standard InChI is InChI=1S/C18H27F2N3O4/c1-5-8-21-16(24)11-23(3)17(25)12-22(2)10-13-6-7-14(26-4)15(9-13)27-18(19)20/h6-7,9,18H,5,8,10-12H2,1-4H3,(H,21,24). The van der Waals surface area contributed by atoms with E-state index in [1.54, 1.807) is 25.1 Å². The minimum atomic E-state index is -2.96. The van der Waals surface area contributed by atoms with Crippen LogP contribution in [-0.2, 0) is 16.1 Å². The fraction of sp³-hybridized carbons (Fsp3) is 0.556. The Labute approximate surface area is 158 Å². The van der Waals surface area contributed by atoms with E-state index >= 15 is 0 Å². The Morgan fingerprint density at radius 1 is 1.19 bits per heavy atom. The van der Waals surface area contributed by atoms with Crippen molar-refractivity contribution in [2.24, 2.45) is 0 Å². The van der Waals surface area contributed by atoms with E-state index in [9.17, 15) is 18.4 Å². The molecule has 1 rings (SSSR count). The van der Waals surface area contributed by atoms with Crippen LogP contribution in [0.5, 0.6) is 11.5 Å². The number of likely N-dealkylation sites (N-methyl/N-ethyl adjacent to an activating group) is 2. The fourth-order valence-corrected chi connectivity index (χ4v) is 2.35. The lowest BCUT2D eigenvalue weighted by Crippen LogP contribution is -2.42. The third-order valence-corrected chi connectivity index (χ3v) is 3.68. The molecule has 0 saturated carbocycles. The topological polar surface area (TPSA) is 71.1 Å². The maximum absolute atomic E-state index is 12.5. The number of carbonyl (C=O) groups excluding carboxylic acids is 2. The number of ether oxygens (including phenoxy) is 2. The van der Waals surface area contributed by atoms with Gasteiger partial charge in [0, 0.05) is 20.1 Å². The summed E-state index contributed by atoms with van der Waals surface area (Å²) >= 11 is 0. The van der Waals surface area contributed by atoms with Crippen molar-refractivity contribution in [3.63, 3.8) is 0 Å². The summed E-state index contributed by atoms with van der Waals surface area (Å²) in [7, 11) is 4.65. The average molecular weight is 387 g/mol. The third kappa shape index (κ3) is 8.21. The number of hydrogen-bond donors (Lipinski definition) is 1. The number of alkyl halides is 2. The van der Waals surface area contributed by atoms with Gasteiger partial charge in [0.2, 0.25) is 11.8 Å². The number of amides is 2. The summed E-state index contributed by atoms with van der Waals surface area (Å²) < 4.78 is 34.5. The fourth-order valence-electron chi connectivity index (χ4n) is 2.35. The molecule has 7 nitrogen and oxygen atoms in total. The SMILES string of the molecule is CCCNC(=O)CN(C)C(=O)CN(C)Cc1ccc(OC)c(OC(F)F)c1. The number of methoxy groups -OCH3 is 1. The summed E-state index contributed by atoms with van der Waals surface area (Å²) in [5.41, 5.74) is 0.685. The van der Waals surface area contributed by atoms with Gasteiger partial charge in [0.05, 0.1) is 20.2 Å². The summed E-state index contributed by atoms with van der Waals surface area (Å²) in [4.78, 5) is 27.0. The van der Waals surface area contributed by atoms with Crippen LogP contribution in [0.3, 0.4) is 0 Å². The highest BCUT2D eigenvalue weighted by Gasteiger charge is 2.16. The Bertz CT molecular complexity index is 629. The molecule has 0 saturated heterocycles. The molecule has 0 unspecified atom stereocenters. The second-order valence-electron chi connectivity index (χ2n) is 6.14. The lowest BCUT2D eigenvalue weighted by molar-refractivity contribution is -0.135. The molecule has 0 fully saturated rings. The van der Waals surface area contributed by atoms with E-state index in [-0.39, 0.29) is 36.4 Å². The molecule has 1 aromatic carbocycles. The highest BCUT2D eigenvalue weighted by Crippen LogP contribution is 2.29. The Kier molecular flexibility index (Phi) is 9.49. The van der Waals surface area contributed by atoms with Gasteiger partial charge in [0.1, 0.15) is 0 Å². The zero-order valence-corrected chi connectivity index (χ0v) is 16.1. The molecule has 0 bridgehead atoms. The molecule has 0 aromatic heterocycles. The number of nitrogens with zero attached hydrogens (tertiary/aromatic N) is 2. The smallest absolute Gasteiger partial charge is 0.387 e.